The van der Waals surface area contributed by atoms with Crippen molar-refractivity contribution in [3.8, 4) is 0 Å². The molecule has 1 atom stereocenters. The molecular weight excluding hydrogens is 263 g/mol. The molecule has 118 valence electrons. The van der Waals surface area contributed by atoms with E-state index in [1.807, 2.05) is 13.0 Å². The van der Waals surface area contributed by atoms with E-state index in [0.717, 1.165) is 25.2 Å². The molecule has 1 fully saturated rings. The van der Waals surface area contributed by atoms with Crippen LogP contribution < -0.4 is 5.32 Å². The summed E-state index contributed by atoms with van der Waals surface area (Å²) in [4.78, 5) is 2.55. The maximum Gasteiger partial charge on any atom is 0.123 e. The largest absolute Gasteiger partial charge is 0.309 e. The fourth-order valence-corrected chi connectivity index (χ4v) is 3.25. The minimum Gasteiger partial charge on any atom is -0.309 e. The highest BCUT2D eigenvalue weighted by atomic mass is 19.1. The van der Waals surface area contributed by atoms with Crippen molar-refractivity contribution >= 4 is 0 Å². The van der Waals surface area contributed by atoms with Gasteiger partial charge in [0.1, 0.15) is 5.82 Å². The molecule has 1 aliphatic rings. The van der Waals surface area contributed by atoms with Crippen LogP contribution in [0.2, 0.25) is 0 Å². The lowest BCUT2D eigenvalue weighted by atomic mass is 9.82. The normalized spacial score (nSPS) is 23.3. The molecule has 0 bridgehead atoms. The monoisotopic (exact) mass is 292 g/mol. The summed E-state index contributed by atoms with van der Waals surface area (Å²) < 4.78 is 13.3. The van der Waals surface area contributed by atoms with Gasteiger partial charge in [-0.15, -0.1) is 0 Å². The third-order valence-electron chi connectivity index (χ3n) is 4.49. The number of rotatable bonds is 2. The molecule has 21 heavy (non-hydrogen) atoms. The highest BCUT2D eigenvalue weighted by molar-refractivity contribution is 5.26. The Bertz CT molecular complexity index is 502. The quantitative estimate of drug-likeness (QED) is 0.893. The van der Waals surface area contributed by atoms with Gasteiger partial charge in [-0.1, -0.05) is 26.8 Å². The van der Waals surface area contributed by atoms with Crippen molar-refractivity contribution in [1.29, 1.82) is 0 Å². The maximum atomic E-state index is 13.3. The third-order valence-corrected chi connectivity index (χ3v) is 4.49. The SMILES string of the molecule is Cc1cc(F)ccc1CN1CC(C)(C)NCC1C(C)(C)C. The molecule has 1 N–H and O–H groups in total. The van der Waals surface area contributed by atoms with Crippen LogP contribution in [0.25, 0.3) is 0 Å². The van der Waals surface area contributed by atoms with Gasteiger partial charge >= 0.3 is 0 Å². The van der Waals surface area contributed by atoms with Crippen molar-refractivity contribution < 1.29 is 4.39 Å². The number of benzene rings is 1. The van der Waals surface area contributed by atoms with E-state index in [-0.39, 0.29) is 16.8 Å². The molecule has 2 nitrogen and oxygen atoms in total. The number of hydrogen-bond acceptors (Lipinski definition) is 2. The van der Waals surface area contributed by atoms with E-state index in [9.17, 15) is 4.39 Å². The lowest BCUT2D eigenvalue weighted by molar-refractivity contribution is 0.0270. The van der Waals surface area contributed by atoms with Gasteiger partial charge < -0.3 is 5.32 Å². The van der Waals surface area contributed by atoms with Crippen molar-refractivity contribution in [2.45, 2.75) is 59.7 Å². The molecule has 0 aromatic heterocycles. The van der Waals surface area contributed by atoms with Gasteiger partial charge in [-0.05, 0) is 49.4 Å². The summed E-state index contributed by atoms with van der Waals surface area (Å²) in [5, 5.41) is 3.65. The minimum absolute atomic E-state index is 0.121. The van der Waals surface area contributed by atoms with E-state index in [1.165, 1.54) is 5.56 Å². The molecule has 1 saturated heterocycles. The number of halogens is 1. The molecule has 0 amide bonds. The zero-order valence-corrected chi connectivity index (χ0v) is 14.3. The summed E-state index contributed by atoms with van der Waals surface area (Å²) in [5.74, 6) is -0.149. The molecule has 1 aliphatic heterocycles. The van der Waals surface area contributed by atoms with Crippen LogP contribution >= 0.6 is 0 Å². The molecule has 3 heteroatoms. The molecule has 0 saturated carbocycles. The third kappa shape index (κ3) is 4.04. The van der Waals surface area contributed by atoms with Crippen molar-refractivity contribution in [2.24, 2.45) is 5.41 Å². The van der Waals surface area contributed by atoms with Crippen LogP contribution in [0, 0.1) is 18.2 Å². The Balaban J connectivity index is 2.24. The second kappa shape index (κ2) is 5.69. The second-order valence-corrected chi connectivity index (χ2v) is 8.12. The second-order valence-electron chi connectivity index (χ2n) is 8.12. The van der Waals surface area contributed by atoms with E-state index in [2.05, 4.69) is 44.8 Å². The van der Waals surface area contributed by atoms with Gasteiger partial charge in [-0.3, -0.25) is 4.90 Å². The van der Waals surface area contributed by atoms with Crippen LogP contribution in [0.3, 0.4) is 0 Å². The van der Waals surface area contributed by atoms with Gasteiger partial charge in [0.25, 0.3) is 0 Å². The van der Waals surface area contributed by atoms with E-state index < -0.39 is 0 Å². The molecule has 1 heterocycles. The van der Waals surface area contributed by atoms with Crippen molar-refractivity contribution in [1.82, 2.24) is 10.2 Å². The van der Waals surface area contributed by atoms with E-state index in [0.29, 0.717) is 6.04 Å². The number of nitrogens with one attached hydrogen (secondary N) is 1. The van der Waals surface area contributed by atoms with Crippen LogP contribution in [0.4, 0.5) is 4.39 Å². The van der Waals surface area contributed by atoms with Crippen molar-refractivity contribution in [3.05, 3.63) is 35.1 Å². The van der Waals surface area contributed by atoms with Crippen LogP contribution in [-0.2, 0) is 6.54 Å². The van der Waals surface area contributed by atoms with E-state index in [1.54, 1.807) is 12.1 Å². The molecule has 1 aromatic rings. The van der Waals surface area contributed by atoms with Gasteiger partial charge in [0, 0.05) is 31.2 Å². The van der Waals surface area contributed by atoms with Crippen LogP contribution in [-0.4, -0.2) is 29.6 Å². The summed E-state index contributed by atoms with van der Waals surface area (Å²) >= 11 is 0. The first-order valence-corrected chi connectivity index (χ1v) is 7.83. The Kier molecular flexibility index (Phi) is 4.46. The first-order chi connectivity index (χ1) is 9.58. The first-order valence-electron chi connectivity index (χ1n) is 7.83. The molecule has 0 aliphatic carbocycles. The fraction of sp³-hybridized carbons (Fsp3) is 0.667. The average molecular weight is 292 g/mol. The summed E-state index contributed by atoms with van der Waals surface area (Å²) in [7, 11) is 0. The number of piperazine rings is 1. The van der Waals surface area contributed by atoms with Gasteiger partial charge in [-0.25, -0.2) is 4.39 Å². The summed E-state index contributed by atoms with van der Waals surface area (Å²) in [6, 6.07) is 5.62. The van der Waals surface area contributed by atoms with Gasteiger partial charge in [0.05, 0.1) is 0 Å². The van der Waals surface area contributed by atoms with Gasteiger partial charge in [0.15, 0.2) is 0 Å². The predicted octanol–water partition coefficient (Wildman–Crippen LogP) is 3.73. The Morgan fingerprint density at radius 3 is 2.57 bits per heavy atom. The molecule has 2 rings (SSSR count). The van der Waals surface area contributed by atoms with Crippen LogP contribution in [0.15, 0.2) is 18.2 Å². The predicted molar refractivity (Wildman–Crippen MR) is 86.9 cm³/mol. The summed E-state index contributed by atoms with van der Waals surface area (Å²) in [6.07, 6.45) is 0. The molecular formula is C18H29FN2. The number of aryl methyl sites for hydroxylation is 1. The minimum atomic E-state index is -0.149. The summed E-state index contributed by atoms with van der Waals surface area (Å²) in [6.45, 7) is 16.3. The van der Waals surface area contributed by atoms with E-state index in [4.69, 9.17) is 0 Å². The Morgan fingerprint density at radius 2 is 2.00 bits per heavy atom. The van der Waals surface area contributed by atoms with Gasteiger partial charge in [-0.2, -0.15) is 0 Å². The zero-order valence-electron chi connectivity index (χ0n) is 14.3. The number of nitrogens with zero attached hydrogens (tertiary/aromatic N) is 1. The maximum absolute atomic E-state index is 13.3. The van der Waals surface area contributed by atoms with Gasteiger partial charge in [0.2, 0.25) is 0 Å². The lowest BCUT2D eigenvalue weighted by Crippen LogP contribution is -2.64. The Morgan fingerprint density at radius 1 is 1.33 bits per heavy atom. The zero-order chi connectivity index (χ0) is 15.8. The van der Waals surface area contributed by atoms with Crippen LogP contribution in [0.5, 0.6) is 0 Å². The highest BCUT2D eigenvalue weighted by Crippen LogP contribution is 2.30. The highest BCUT2D eigenvalue weighted by Gasteiger charge is 2.38. The molecule has 0 radical (unpaired) electrons. The van der Waals surface area contributed by atoms with Crippen molar-refractivity contribution in [3.63, 3.8) is 0 Å². The standard InChI is InChI=1S/C18H29FN2/c1-13-9-15(19)8-7-14(13)11-21-12-18(5,6)20-10-16(21)17(2,3)4/h7-9,16,20H,10-12H2,1-6H3. The Labute approximate surface area is 128 Å². The molecule has 1 unspecified atom stereocenters. The fourth-order valence-electron chi connectivity index (χ4n) is 3.25. The first kappa shape index (κ1) is 16.4. The molecule has 0 spiro atoms. The Hall–Kier alpha value is -0.930. The summed E-state index contributed by atoms with van der Waals surface area (Å²) in [5.41, 5.74) is 2.61. The molecule has 1 aromatic carbocycles. The van der Waals surface area contributed by atoms with Crippen molar-refractivity contribution in [2.75, 3.05) is 13.1 Å². The number of hydrogen-bond donors (Lipinski definition) is 1. The topological polar surface area (TPSA) is 15.3 Å². The smallest absolute Gasteiger partial charge is 0.123 e. The van der Waals surface area contributed by atoms with Crippen LogP contribution in [0.1, 0.15) is 45.7 Å². The van der Waals surface area contributed by atoms with E-state index >= 15 is 0 Å². The average Bonchev–Trinajstić information content (AvgIpc) is 2.30. The lowest BCUT2D eigenvalue weighted by Gasteiger charge is -2.49.